The van der Waals surface area contributed by atoms with Crippen LogP contribution in [0.5, 0.6) is 0 Å². The molecule has 0 saturated carbocycles. The molecule has 0 aliphatic carbocycles. The zero-order valence-electron chi connectivity index (χ0n) is 12.8. The molecule has 0 bridgehead atoms. The Kier molecular flexibility index (Phi) is 7.35. The van der Waals surface area contributed by atoms with E-state index in [4.69, 9.17) is 9.46 Å². The number of rotatable bonds is 9. The first-order valence-corrected chi connectivity index (χ1v) is 10.1. The smallest absolute Gasteiger partial charge is 0.238 e. The number of benzene rings is 1. The number of aryl methyl sites for hydroxylation is 1. The van der Waals surface area contributed by atoms with E-state index >= 15 is 0 Å². The lowest BCUT2D eigenvalue weighted by atomic mass is 10.1. The maximum atomic E-state index is 5.87. The van der Waals surface area contributed by atoms with Crippen molar-refractivity contribution in [3.05, 3.63) is 35.9 Å². The van der Waals surface area contributed by atoms with E-state index < -0.39 is 8.32 Å². The van der Waals surface area contributed by atoms with Gasteiger partial charge in [-0.3, -0.25) is 4.58 Å². The third-order valence-corrected chi connectivity index (χ3v) is 8.32. The summed E-state index contributed by atoms with van der Waals surface area (Å²) >= 11 is 0. The topological polar surface area (TPSA) is 18.5 Å². The Morgan fingerprint density at radius 3 is 2.11 bits per heavy atom. The molecule has 1 aromatic rings. The predicted molar refractivity (Wildman–Crippen MR) is 83.6 cm³/mol. The van der Waals surface area contributed by atoms with Gasteiger partial charge in [0.2, 0.25) is 8.32 Å². The van der Waals surface area contributed by atoms with E-state index in [9.17, 15) is 0 Å². The fraction of sp³-hybridized carbons (Fsp3) is 0.625. The summed E-state index contributed by atoms with van der Waals surface area (Å²) in [6, 6.07) is 13.9. The molecule has 2 nitrogen and oxygen atoms in total. The molecule has 0 amide bonds. The summed E-state index contributed by atoms with van der Waals surface area (Å²) in [4.78, 5) is 5.66. The monoisotopic (exact) mass is 280 g/mol. The molecular formula is C16H28O2Si. The Morgan fingerprint density at radius 2 is 1.58 bits per heavy atom. The van der Waals surface area contributed by atoms with Gasteiger partial charge >= 0.3 is 0 Å². The fourth-order valence-corrected chi connectivity index (χ4v) is 4.40. The van der Waals surface area contributed by atoms with Gasteiger partial charge in [0, 0.05) is 0 Å². The van der Waals surface area contributed by atoms with Crippen LogP contribution in [-0.2, 0) is 15.9 Å². The van der Waals surface area contributed by atoms with Crippen LogP contribution in [0.25, 0.3) is 0 Å². The zero-order valence-corrected chi connectivity index (χ0v) is 13.8. The molecule has 0 radical (unpaired) electrons. The predicted octanol–water partition coefficient (Wildman–Crippen LogP) is 4.96. The molecule has 19 heavy (non-hydrogen) atoms. The fourth-order valence-electron chi connectivity index (χ4n) is 2.17. The Bertz CT molecular complexity index is 328. The van der Waals surface area contributed by atoms with Crippen molar-refractivity contribution in [3.8, 4) is 0 Å². The third kappa shape index (κ3) is 5.47. The van der Waals surface area contributed by atoms with Crippen molar-refractivity contribution in [3.63, 3.8) is 0 Å². The highest BCUT2D eigenvalue weighted by Gasteiger charge is 2.31. The molecule has 1 unspecified atom stereocenters. The molecule has 0 heterocycles. The van der Waals surface area contributed by atoms with Gasteiger partial charge in [-0.1, -0.05) is 51.1 Å². The second-order valence-electron chi connectivity index (χ2n) is 5.26. The van der Waals surface area contributed by atoms with Crippen LogP contribution in [0.3, 0.4) is 0 Å². The molecule has 0 aliphatic rings. The van der Waals surface area contributed by atoms with Gasteiger partial charge in [0.1, 0.15) is 0 Å². The molecule has 0 spiro atoms. The summed E-state index contributed by atoms with van der Waals surface area (Å²) in [6.07, 6.45) is 2.22. The first kappa shape index (κ1) is 16.4. The number of hydrogen-bond acceptors (Lipinski definition) is 2. The summed E-state index contributed by atoms with van der Waals surface area (Å²) in [6.45, 7) is 8.76. The van der Waals surface area contributed by atoms with Crippen LogP contribution in [0.4, 0.5) is 0 Å². The average molecular weight is 280 g/mol. The molecule has 0 aliphatic heterocycles. The first-order chi connectivity index (χ1) is 9.15. The molecule has 0 aromatic heterocycles. The average Bonchev–Trinajstić information content (AvgIpc) is 2.48. The van der Waals surface area contributed by atoms with Crippen molar-refractivity contribution in [2.75, 3.05) is 0 Å². The minimum atomic E-state index is -1.61. The van der Waals surface area contributed by atoms with Crippen LogP contribution in [0.2, 0.25) is 18.1 Å². The molecular weight excluding hydrogens is 252 g/mol. The van der Waals surface area contributed by atoms with E-state index in [0.29, 0.717) is 0 Å². The van der Waals surface area contributed by atoms with E-state index in [2.05, 4.69) is 58.0 Å². The summed E-state index contributed by atoms with van der Waals surface area (Å²) in [5.74, 6) is 0. The van der Waals surface area contributed by atoms with Gasteiger partial charge in [0.25, 0.3) is 0 Å². The Balaban J connectivity index is 2.33. The van der Waals surface area contributed by atoms with Crippen molar-refractivity contribution < 1.29 is 9.46 Å². The molecule has 1 aromatic carbocycles. The van der Waals surface area contributed by atoms with E-state index in [1.54, 1.807) is 0 Å². The number of hydrogen-bond donors (Lipinski definition) is 0. The van der Waals surface area contributed by atoms with E-state index in [-0.39, 0.29) is 6.10 Å². The molecule has 0 saturated heterocycles. The van der Waals surface area contributed by atoms with Crippen LogP contribution >= 0.6 is 0 Å². The van der Waals surface area contributed by atoms with Crippen LogP contribution < -0.4 is 0 Å². The van der Waals surface area contributed by atoms with Crippen molar-refractivity contribution in [2.45, 2.75) is 64.8 Å². The highest BCUT2D eigenvalue weighted by Crippen LogP contribution is 2.23. The maximum absolute atomic E-state index is 5.87. The van der Waals surface area contributed by atoms with E-state index in [1.165, 1.54) is 5.56 Å². The third-order valence-electron chi connectivity index (χ3n) is 4.00. The van der Waals surface area contributed by atoms with Gasteiger partial charge in [0.05, 0.1) is 6.10 Å². The molecule has 1 rings (SSSR count). The van der Waals surface area contributed by atoms with Crippen LogP contribution in [0, 0.1) is 0 Å². The lowest BCUT2D eigenvalue weighted by molar-refractivity contribution is -0.253. The van der Waals surface area contributed by atoms with Crippen LogP contribution in [0.1, 0.15) is 39.7 Å². The molecule has 0 N–H and O–H groups in total. The molecule has 108 valence electrons. The zero-order chi connectivity index (χ0) is 14.1. The van der Waals surface area contributed by atoms with Crippen molar-refractivity contribution in [1.29, 1.82) is 0 Å². The second-order valence-corrected chi connectivity index (χ2v) is 9.91. The SMILES string of the molecule is CC[Si](CC)(CC)OOC(C)CCc1ccccc1. The second kappa shape index (κ2) is 8.51. The van der Waals surface area contributed by atoms with Crippen molar-refractivity contribution in [2.24, 2.45) is 0 Å². The quantitative estimate of drug-likeness (QED) is 0.361. The lowest BCUT2D eigenvalue weighted by Gasteiger charge is -2.27. The van der Waals surface area contributed by atoms with Gasteiger partial charge in [0.15, 0.2) is 0 Å². The van der Waals surface area contributed by atoms with Gasteiger partial charge in [-0.15, -0.1) is 0 Å². The normalized spacial score (nSPS) is 13.5. The highest BCUT2D eigenvalue weighted by atomic mass is 28.4. The minimum absolute atomic E-state index is 0.164. The largest absolute Gasteiger partial charge is 0.286 e. The maximum Gasteiger partial charge on any atom is 0.238 e. The standard InChI is InChI=1S/C16H28O2Si/c1-5-19(6-2,7-3)18-17-15(4)13-14-16-11-9-8-10-12-16/h8-12,15H,5-7,13-14H2,1-4H3. The van der Waals surface area contributed by atoms with Gasteiger partial charge in [-0.2, -0.15) is 0 Å². The van der Waals surface area contributed by atoms with Gasteiger partial charge in [-0.25, -0.2) is 4.89 Å². The van der Waals surface area contributed by atoms with Gasteiger partial charge in [-0.05, 0) is 43.5 Å². The highest BCUT2D eigenvalue weighted by molar-refractivity contribution is 6.73. The van der Waals surface area contributed by atoms with Gasteiger partial charge < -0.3 is 0 Å². The Hall–Kier alpha value is -0.643. The molecule has 3 heteroatoms. The Labute approximate surface area is 119 Å². The summed E-state index contributed by atoms with van der Waals surface area (Å²) < 4.78 is 5.87. The van der Waals surface area contributed by atoms with Crippen LogP contribution in [-0.4, -0.2) is 14.4 Å². The van der Waals surface area contributed by atoms with E-state index in [0.717, 1.165) is 31.0 Å². The summed E-state index contributed by atoms with van der Waals surface area (Å²) in [7, 11) is -1.61. The summed E-state index contributed by atoms with van der Waals surface area (Å²) in [5, 5.41) is 0. The van der Waals surface area contributed by atoms with Crippen LogP contribution in [0.15, 0.2) is 30.3 Å². The minimum Gasteiger partial charge on any atom is -0.286 e. The first-order valence-electron chi connectivity index (χ1n) is 7.54. The molecule has 1 atom stereocenters. The van der Waals surface area contributed by atoms with Crippen molar-refractivity contribution >= 4 is 8.32 Å². The summed E-state index contributed by atoms with van der Waals surface area (Å²) in [5.41, 5.74) is 1.36. The molecule has 0 fully saturated rings. The lowest BCUT2D eigenvalue weighted by Crippen LogP contribution is -2.37. The Morgan fingerprint density at radius 1 is 1.00 bits per heavy atom. The van der Waals surface area contributed by atoms with Crippen molar-refractivity contribution in [1.82, 2.24) is 0 Å². The van der Waals surface area contributed by atoms with E-state index in [1.807, 2.05) is 0 Å².